The van der Waals surface area contributed by atoms with Crippen molar-refractivity contribution in [3.63, 3.8) is 0 Å². The number of carboxylic acid groups (broad SMARTS) is 1. The van der Waals surface area contributed by atoms with Crippen molar-refractivity contribution in [3.05, 3.63) is 29.4 Å². The number of hydrogen-bond acceptors (Lipinski definition) is 4. The molecule has 3 aromatic heterocycles. The SMILES string of the molecule is Cn1c(-c2cccs2)nn2cc(C(=O)O)nc12. The summed E-state index contributed by atoms with van der Waals surface area (Å²) in [6.07, 6.45) is 1.41. The predicted octanol–water partition coefficient (Wildman–Crippen LogP) is 1.49. The molecule has 6 nitrogen and oxygen atoms in total. The molecule has 7 heteroatoms. The van der Waals surface area contributed by atoms with Crippen LogP contribution in [0, 0.1) is 0 Å². The lowest BCUT2D eigenvalue weighted by atomic mass is 10.4. The number of aromatic carboxylic acids is 1. The molecule has 0 aliphatic heterocycles. The number of nitrogens with zero attached hydrogens (tertiary/aromatic N) is 4. The first kappa shape index (κ1) is 10.0. The zero-order valence-corrected chi connectivity index (χ0v) is 9.68. The Hall–Kier alpha value is -2.15. The van der Waals surface area contributed by atoms with Gasteiger partial charge in [0, 0.05) is 7.05 Å². The number of imidazole rings is 1. The van der Waals surface area contributed by atoms with Crippen LogP contribution in [0.4, 0.5) is 0 Å². The Morgan fingerprint density at radius 2 is 2.35 bits per heavy atom. The molecule has 0 saturated heterocycles. The molecule has 0 aromatic carbocycles. The van der Waals surface area contributed by atoms with Gasteiger partial charge in [0.1, 0.15) is 0 Å². The molecule has 3 aromatic rings. The van der Waals surface area contributed by atoms with Gasteiger partial charge in [0.25, 0.3) is 0 Å². The largest absolute Gasteiger partial charge is 0.476 e. The van der Waals surface area contributed by atoms with Gasteiger partial charge in [0.15, 0.2) is 11.5 Å². The number of thiophene rings is 1. The van der Waals surface area contributed by atoms with E-state index in [2.05, 4.69) is 10.1 Å². The first-order valence-electron chi connectivity index (χ1n) is 4.86. The van der Waals surface area contributed by atoms with Crippen LogP contribution in [0.1, 0.15) is 10.5 Å². The normalized spacial score (nSPS) is 11.1. The molecule has 0 aliphatic carbocycles. The van der Waals surface area contributed by atoms with E-state index in [1.165, 1.54) is 10.7 Å². The minimum Gasteiger partial charge on any atom is -0.476 e. The van der Waals surface area contributed by atoms with Crippen LogP contribution in [0.5, 0.6) is 0 Å². The van der Waals surface area contributed by atoms with Gasteiger partial charge in [-0.15, -0.1) is 16.4 Å². The third kappa shape index (κ3) is 1.43. The fraction of sp³-hybridized carbons (Fsp3) is 0.100. The highest BCUT2D eigenvalue weighted by Crippen LogP contribution is 2.23. The Bertz CT molecular complexity index is 695. The van der Waals surface area contributed by atoms with Gasteiger partial charge >= 0.3 is 5.97 Å². The third-order valence-electron chi connectivity index (χ3n) is 2.45. The van der Waals surface area contributed by atoms with Crippen LogP contribution in [0.15, 0.2) is 23.7 Å². The van der Waals surface area contributed by atoms with Crippen molar-refractivity contribution in [1.82, 2.24) is 19.2 Å². The number of hydrogen-bond donors (Lipinski definition) is 1. The number of carboxylic acids is 1. The van der Waals surface area contributed by atoms with E-state index in [9.17, 15) is 4.79 Å². The molecule has 0 unspecified atom stereocenters. The summed E-state index contributed by atoms with van der Waals surface area (Å²) in [5, 5.41) is 15.1. The number of rotatable bonds is 2. The molecule has 0 amide bonds. The fourth-order valence-electron chi connectivity index (χ4n) is 1.65. The van der Waals surface area contributed by atoms with E-state index in [4.69, 9.17) is 5.11 Å². The fourth-order valence-corrected chi connectivity index (χ4v) is 2.39. The van der Waals surface area contributed by atoms with Crippen molar-refractivity contribution in [3.8, 4) is 10.7 Å². The van der Waals surface area contributed by atoms with E-state index in [1.807, 2.05) is 24.6 Å². The summed E-state index contributed by atoms with van der Waals surface area (Å²) in [4.78, 5) is 15.8. The van der Waals surface area contributed by atoms with E-state index in [1.54, 1.807) is 15.9 Å². The smallest absolute Gasteiger partial charge is 0.356 e. The van der Waals surface area contributed by atoms with E-state index in [-0.39, 0.29) is 5.69 Å². The summed E-state index contributed by atoms with van der Waals surface area (Å²) in [7, 11) is 1.82. The summed E-state index contributed by atoms with van der Waals surface area (Å²) in [6, 6.07) is 3.91. The Morgan fingerprint density at radius 1 is 1.53 bits per heavy atom. The van der Waals surface area contributed by atoms with Crippen LogP contribution in [0.2, 0.25) is 0 Å². The average molecular weight is 248 g/mol. The topological polar surface area (TPSA) is 72.4 Å². The van der Waals surface area contributed by atoms with Crippen molar-refractivity contribution in [2.24, 2.45) is 7.05 Å². The van der Waals surface area contributed by atoms with E-state index >= 15 is 0 Å². The molecule has 0 atom stereocenters. The molecular weight excluding hydrogens is 240 g/mol. The average Bonchev–Trinajstić information content (AvgIpc) is 2.95. The lowest BCUT2D eigenvalue weighted by Crippen LogP contribution is -1.98. The molecule has 0 spiro atoms. The number of fused-ring (bicyclic) bond motifs is 1. The first-order chi connectivity index (χ1) is 8.16. The summed E-state index contributed by atoms with van der Waals surface area (Å²) < 4.78 is 3.26. The molecule has 17 heavy (non-hydrogen) atoms. The highest BCUT2D eigenvalue weighted by atomic mass is 32.1. The Kier molecular flexibility index (Phi) is 2.02. The Balaban J connectivity index is 2.21. The zero-order valence-electron chi connectivity index (χ0n) is 8.86. The van der Waals surface area contributed by atoms with Crippen LogP contribution < -0.4 is 0 Å². The minimum atomic E-state index is -1.05. The van der Waals surface area contributed by atoms with Crippen molar-refractivity contribution < 1.29 is 9.90 Å². The van der Waals surface area contributed by atoms with Gasteiger partial charge < -0.3 is 5.11 Å². The van der Waals surface area contributed by atoms with E-state index in [0.29, 0.717) is 5.78 Å². The molecule has 0 fully saturated rings. The van der Waals surface area contributed by atoms with Gasteiger partial charge in [-0.1, -0.05) is 6.07 Å². The van der Waals surface area contributed by atoms with Gasteiger partial charge in [0.2, 0.25) is 5.78 Å². The Labute approximate surface area is 99.8 Å². The van der Waals surface area contributed by atoms with Gasteiger partial charge in [0.05, 0.1) is 11.1 Å². The maximum absolute atomic E-state index is 10.8. The van der Waals surface area contributed by atoms with Crippen molar-refractivity contribution >= 4 is 23.1 Å². The van der Waals surface area contributed by atoms with Crippen LogP contribution in [-0.4, -0.2) is 30.2 Å². The van der Waals surface area contributed by atoms with E-state index in [0.717, 1.165) is 10.7 Å². The molecular formula is C10H8N4O2S. The minimum absolute atomic E-state index is 0.000768. The van der Waals surface area contributed by atoms with E-state index < -0.39 is 5.97 Å². The highest BCUT2D eigenvalue weighted by molar-refractivity contribution is 7.13. The van der Waals surface area contributed by atoms with Crippen LogP contribution in [0.3, 0.4) is 0 Å². The molecule has 1 N–H and O–H groups in total. The highest BCUT2D eigenvalue weighted by Gasteiger charge is 2.16. The van der Waals surface area contributed by atoms with Crippen molar-refractivity contribution in [2.75, 3.05) is 0 Å². The number of carbonyl (C=O) groups is 1. The number of aryl methyl sites for hydroxylation is 1. The van der Waals surface area contributed by atoms with Crippen LogP contribution in [-0.2, 0) is 7.05 Å². The maximum Gasteiger partial charge on any atom is 0.356 e. The Morgan fingerprint density at radius 3 is 2.94 bits per heavy atom. The summed E-state index contributed by atoms with van der Waals surface area (Å²) >= 11 is 1.58. The molecule has 0 aliphatic rings. The van der Waals surface area contributed by atoms with Crippen LogP contribution in [0.25, 0.3) is 16.5 Å². The predicted molar refractivity (Wildman–Crippen MR) is 62.2 cm³/mol. The zero-order chi connectivity index (χ0) is 12.0. The molecule has 0 bridgehead atoms. The second-order valence-electron chi connectivity index (χ2n) is 3.54. The van der Waals surface area contributed by atoms with Gasteiger partial charge in [-0.2, -0.15) is 0 Å². The van der Waals surface area contributed by atoms with Crippen LogP contribution >= 0.6 is 11.3 Å². The lowest BCUT2D eigenvalue weighted by Gasteiger charge is -1.95. The standard InChI is InChI=1S/C10H8N4O2S/c1-13-8(7-3-2-4-17-7)12-14-5-6(9(15)16)11-10(13)14/h2-5H,1H3,(H,15,16). The quantitative estimate of drug-likeness (QED) is 0.745. The lowest BCUT2D eigenvalue weighted by molar-refractivity contribution is 0.0691. The van der Waals surface area contributed by atoms with Crippen molar-refractivity contribution in [2.45, 2.75) is 0 Å². The second-order valence-corrected chi connectivity index (χ2v) is 4.48. The summed E-state index contributed by atoms with van der Waals surface area (Å²) in [5.41, 5.74) is 0.000768. The summed E-state index contributed by atoms with van der Waals surface area (Å²) in [6.45, 7) is 0. The monoisotopic (exact) mass is 248 g/mol. The number of aromatic nitrogens is 4. The molecule has 3 rings (SSSR count). The summed E-state index contributed by atoms with van der Waals surface area (Å²) in [5.74, 6) is 0.249. The first-order valence-corrected chi connectivity index (χ1v) is 5.74. The molecule has 0 saturated carbocycles. The molecule has 86 valence electrons. The third-order valence-corrected chi connectivity index (χ3v) is 3.32. The van der Waals surface area contributed by atoms with Gasteiger partial charge in [-0.3, -0.25) is 4.57 Å². The van der Waals surface area contributed by atoms with Gasteiger partial charge in [-0.05, 0) is 11.4 Å². The molecule has 0 radical (unpaired) electrons. The maximum atomic E-state index is 10.8. The van der Waals surface area contributed by atoms with Crippen molar-refractivity contribution in [1.29, 1.82) is 0 Å². The second kappa shape index (κ2) is 3.42. The van der Waals surface area contributed by atoms with Gasteiger partial charge in [-0.25, -0.2) is 14.3 Å². The molecule has 3 heterocycles.